The van der Waals surface area contributed by atoms with Crippen molar-refractivity contribution >= 4 is 12.3 Å². The number of aldehydes is 1. The smallest absolute Gasteiger partial charge is 0.309 e. The van der Waals surface area contributed by atoms with Crippen LogP contribution in [0.5, 0.6) is 11.5 Å². The van der Waals surface area contributed by atoms with Gasteiger partial charge in [0.2, 0.25) is 0 Å². The van der Waals surface area contributed by atoms with Crippen LogP contribution in [0.4, 0.5) is 0 Å². The molecule has 1 rings (SSSR count). The molecule has 0 saturated heterocycles. The van der Waals surface area contributed by atoms with E-state index in [1.54, 1.807) is 25.1 Å². The van der Waals surface area contributed by atoms with E-state index in [0.29, 0.717) is 23.7 Å². The minimum absolute atomic E-state index is 0.155. The third kappa shape index (κ3) is 4.08. The zero-order valence-electron chi connectivity index (χ0n) is 10.5. The summed E-state index contributed by atoms with van der Waals surface area (Å²) in [6, 6.07) is 4.84. The number of benzene rings is 1. The SMILES string of the molecule is CCOC(=O)CCOc1cc(C=O)ccc1OC. The zero-order valence-corrected chi connectivity index (χ0v) is 10.5. The Morgan fingerprint density at radius 2 is 2.11 bits per heavy atom. The third-order valence-corrected chi connectivity index (χ3v) is 2.19. The Morgan fingerprint density at radius 3 is 2.72 bits per heavy atom. The second kappa shape index (κ2) is 7.32. The Morgan fingerprint density at radius 1 is 1.33 bits per heavy atom. The highest BCUT2D eigenvalue weighted by molar-refractivity contribution is 5.76. The Balaban J connectivity index is 2.59. The van der Waals surface area contributed by atoms with Crippen LogP contribution in [-0.4, -0.2) is 32.6 Å². The number of rotatable bonds is 7. The molecule has 0 heterocycles. The predicted octanol–water partition coefficient (Wildman–Crippen LogP) is 1.84. The number of hydrogen-bond acceptors (Lipinski definition) is 5. The zero-order chi connectivity index (χ0) is 13.4. The molecule has 0 unspecified atom stereocenters. The normalized spacial score (nSPS) is 9.67. The van der Waals surface area contributed by atoms with E-state index in [-0.39, 0.29) is 19.0 Å². The van der Waals surface area contributed by atoms with Crippen LogP contribution in [0.25, 0.3) is 0 Å². The van der Waals surface area contributed by atoms with Gasteiger partial charge in [0.05, 0.1) is 26.7 Å². The van der Waals surface area contributed by atoms with Crippen molar-refractivity contribution < 1.29 is 23.8 Å². The van der Waals surface area contributed by atoms with Crippen molar-refractivity contribution in [2.75, 3.05) is 20.3 Å². The summed E-state index contributed by atoms with van der Waals surface area (Å²) in [6.07, 6.45) is 0.875. The maximum Gasteiger partial charge on any atom is 0.309 e. The molecule has 18 heavy (non-hydrogen) atoms. The molecule has 0 aliphatic carbocycles. The van der Waals surface area contributed by atoms with Gasteiger partial charge in [-0.2, -0.15) is 0 Å². The second-order valence-corrected chi connectivity index (χ2v) is 3.43. The topological polar surface area (TPSA) is 61.8 Å². The lowest BCUT2D eigenvalue weighted by Crippen LogP contribution is -2.10. The van der Waals surface area contributed by atoms with Gasteiger partial charge in [0.1, 0.15) is 6.29 Å². The fourth-order valence-corrected chi connectivity index (χ4v) is 1.36. The Labute approximate surface area is 106 Å². The van der Waals surface area contributed by atoms with Gasteiger partial charge in [0.25, 0.3) is 0 Å². The minimum atomic E-state index is -0.317. The molecular weight excluding hydrogens is 236 g/mol. The monoisotopic (exact) mass is 252 g/mol. The summed E-state index contributed by atoms with van der Waals surface area (Å²) in [5.74, 6) is 0.638. The fraction of sp³-hybridized carbons (Fsp3) is 0.385. The highest BCUT2D eigenvalue weighted by atomic mass is 16.5. The molecule has 0 N–H and O–H groups in total. The summed E-state index contributed by atoms with van der Waals surface area (Å²) >= 11 is 0. The van der Waals surface area contributed by atoms with E-state index in [0.717, 1.165) is 6.29 Å². The van der Waals surface area contributed by atoms with Crippen LogP contribution in [0.2, 0.25) is 0 Å². The van der Waals surface area contributed by atoms with Crippen molar-refractivity contribution in [2.24, 2.45) is 0 Å². The first-order valence-corrected chi connectivity index (χ1v) is 5.63. The summed E-state index contributed by atoms with van der Waals surface area (Å²) in [6.45, 7) is 2.27. The summed E-state index contributed by atoms with van der Waals surface area (Å²) in [7, 11) is 1.51. The molecule has 0 amide bonds. The third-order valence-electron chi connectivity index (χ3n) is 2.19. The Hall–Kier alpha value is -2.04. The van der Waals surface area contributed by atoms with Gasteiger partial charge >= 0.3 is 5.97 Å². The minimum Gasteiger partial charge on any atom is -0.493 e. The fourth-order valence-electron chi connectivity index (χ4n) is 1.36. The second-order valence-electron chi connectivity index (χ2n) is 3.43. The number of carbonyl (C=O) groups is 2. The van der Waals surface area contributed by atoms with Gasteiger partial charge in [-0.15, -0.1) is 0 Å². The highest BCUT2D eigenvalue weighted by Crippen LogP contribution is 2.27. The molecule has 0 aromatic heterocycles. The van der Waals surface area contributed by atoms with Gasteiger partial charge in [0.15, 0.2) is 11.5 Å². The van der Waals surface area contributed by atoms with Gasteiger partial charge in [-0.1, -0.05) is 0 Å². The van der Waals surface area contributed by atoms with E-state index in [4.69, 9.17) is 14.2 Å². The van der Waals surface area contributed by atoms with Gasteiger partial charge in [-0.05, 0) is 25.1 Å². The quantitative estimate of drug-likeness (QED) is 0.547. The maximum absolute atomic E-state index is 11.1. The molecule has 0 aliphatic rings. The first-order valence-electron chi connectivity index (χ1n) is 5.63. The summed E-state index contributed by atoms with van der Waals surface area (Å²) in [4.78, 5) is 21.8. The van der Waals surface area contributed by atoms with Gasteiger partial charge in [-0.25, -0.2) is 0 Å². The van der Waals surface area contributed by atoms with Crippen LogP contribution < -0.4 is 9.47 Å². The molecule has 0 saturated carbocycles. The first kappa shape index (κ1) is 14.0. The number of ether oxygens (including phenoxy) is 3. The van der Waals surface area contributed by atoms with Gasteiger partial charge in [-0.3, -0.25) is 9.59 Å². The van der Waals surface area contributed by atoms with Crippen molar-refractivity contribution in [3.63, 3.8) is 0 Å². The van der Waals surface area contributed by atoms with E-state index in [9.17, 15) is 9.59 Å². The van der Waals surface area contributed by atoms with Crippen molar-refractivity contribution in [2.45, 2.75) is 13.3 Å². The summed E-state index contributed by atoms with van der Waals surface area (Å²) in [5.41, 5.74) is 0.488. The van der Waals surface area contributed by atoms with Crippen molar-refractivity contribution in [1.82, 2.24) is 0 Å². The molecule has 0 radical (unpaired) electrons. The molecule has 0 spiro atoms. The molecule has 1 aromatic carbocycles. The molecule has 98 valence electrons. The van der Waals surface area contributed by atoms with E-state index in [1.165, 1.54) is 7.11 Å². The molecule has 5 nitrogen and oxygen atoms in total. The van der Waals surface area contributed by atoms with Crippen LogP contribution in [-0.2, 0) is 9.53 Å². The van der Waals surface area contributed by atoms with Gasteiger partial charge in [0, 0.05) is 5.56 Å². The first-order chi connectivity index (χ1) is 8.71. The molecule has 1 aromatic rings. The lowest BCUT2D eigenvalue weighted by atomic mass is 10.2. The molecule has 0 fully saturated rings. The molecule has 0 bridgehead atoms. The van der Waals surface area contributed by atoms with Gasteiger partial charge < -0.3 is 14.2 Å². The standard InChI is InChI=1S/C13H16O5/c1-3-17-13(15)6-7-18-12-8-10(9-14)4-5-11(12)16-2/h4-5,8-9H,3,6-7H2,1-2H3. The summed E-state index contributed by atoms with van der Waals surface area (Å²) in [5, 5.41) is 0. The predicted molar refractivity (Wildman–Crippen MR) is 65.1 cm³/mol. The van der Waals surface area contributed by atoms with Crippen LogP contribution in [0.15, 0.2) is 18.2 Å². The van der Waals surface area contributed by atoms with E-state index < -0.39 is 0 Å². The molecule has 0 atom stereocenters. The van der Waals surface area contributed by atoms with E-state index in [1.807, 2.05) is 0 Å². The molecular formula is C13H16O5. The highest BCUT2D eigenvalue weighted by Gasteiger charge is 2.07. The average Bonchev–Trinajstić information content (AvgIpc) is 2.39. The number of methoxy groups -OCH3 is 1. The largest absolute Gasteiger partial charge is 0.493 e. The lowest BCUT2D eigenvalue weighted by molar-refractivity contribution is -0.143. The van der Waals surface area contributed by atoms with Crippen LogP contribution in [0, 0.1) is 0 Å². The molecule has 0 aliphatic heterocycles. The van der Waals surface area contributed by atoms with Crippen LogP contribution in [0.3, 0.4) is 0 Å². The average molecular weight is 252 g/mol. The molecule has 5 heteroatoms. The number of esters is 1. The van der Waals surface area contributed by atoms with E-state index >= 15 is 0 Å². The number of carbonyl (C=O) groups excluding carboxylic acids is 2. The Kier molecular flexibility index (Phi) is 5.70. The van der Waals surface area contributed by atoms with Crippen molar-refractivity contribution in [3.8, 4) is 11.5 Å². The number of hydrogen-bond donors (Lipinski definition) is 0. The summed E-state index contributed by atoms with van der Waals surface area (Å²) < 4.78 is 15.3. The Bertz CT molecular complexity index is 414. The van der Waals surface area contributed by atoms with Crippen LogP contribution in [0.1, 0.15) is 23.7 Å². The van der Waals surface area contributed by atoms with Crippen LogP contribution >= 0.6 is 0 Å². The van der Waals surface area contributed by atoms with Crippen molar-refractivity contribution in [1.29, 1.82) is 0 Å². The maximum atomic E-state index is 11.1. The van der Waals surface area contributed by atoms with Crippen molar-refractivity contribution in [3.05, 3.63) is 23.8 Å². The van der Waals surface area contributed by atoms with E-state index in [2.05, 4.69) is 0 Å². The lowest BCUT2D eigenvalue weighted by Gasteiger charge is -2.10.